The molecular formula is C26H30N2O7. The monoisotopic (exact) mass is 491 g/mol. The number of esters is 1. The molecule has 1 aliphatic heterocycles. The molecule has 0 spiro atoms. The van der Waals surface area contributed by atoms with Gasteiger partial charge in [-0.05, 0) is 38.8 Å². The Balaban J connectivity index is 1.81. The third-order valence-corrected chi connectivity index (χ3v) is 5.18. The standard InChI is InChI=1S/C26H30N2O7/c1-17-21(23(30)33-16-19-13-9-6-10-14-19)28(25(32)34-17)22(29)20(15-18-11-7-5-8-12-18)27-24(31)35-26(2,3)4/h5-14,17,20-21H,15-16H2,1-4H3,(H,27,31)/t17-,20-,21+/m0/s1/i5+1,7+1,8+1,11+1,12+1,15+1,18+1,20+1,27+1. The number of hydrogen-bond donors (Lipinski definition) is 1. The molecule has 9 heteroatoms. The molecule has 1 fully saturated rings. The molecule has 3 amide bonds. The Morgan fingerprint density at radius 3 is 2.14 bits per heavy atom. The summed E-state index contributed by atoms with van der Waals surface area (Å²) in [5.74, 6) is -1.58. The molecule has 2 aromatic carbocycles. The fourth-order valence-corrected chi connectivity index (χ4v) is 3.61. The van der Waals surface area contributed by atoms with E-state index in [9.17, 15) is 19.2 Å². The van der Waals surface area contributed by atoms with Crippen LogP contribution in [0, 0.1) is 0 Å². The first-order valence-electron chi connectivity index (χ1n) is 11.3. The van der Waals surface area contributed by atoms with Gasteiger partial charge in [0.05, 0.1) is 0 Å². The SMILES string of the molecule is C[C@@H]1OC(=O)N(C(=O)[13C@H]([13CH2][13c]2[13cH][13cH][13cH][13cH][13cH]2)[15NH]C(=O)OC(C)(C)C)[C@H]1C(=O)OCc1ccccc1. The normalized spacial score (nSPS) is 18.4. The topological polar surface area (TPSA) is 111 Å². The van der Waals surface area contributed by atoms with Crippen molar-refractivity contribution in [2.75, 3.05) is 0 Å². The lowest BCUT2D eigenvalue weighted by atomic mass is 10.2. The van der Waals surface area contributed by atoms with E-state index in [-0.39, 0.29) is 13.0 Å². The van der Waals surface area contributed by atoms with Gasteiger partial charge < -0.3 is 19.5 Å². The smallest absolute Gasteiger partial charge is 0.417 e. The molecule has 1 saturated heterocycles. The molecule has 1 N–H and O–H groups in total. The second-order valence-corrected chi connectivity index (χ2v) is 9.22. The number of carbonyl (C=O) groups excluding carboxylic acids is 4. The number of carbonyl (C=O) groups is 4. The summed E-state index contributed by atoms with van der Waals surface area (Å²) in [7, 11) is 0. The average Bonchev–Trinajstić information content (AvgIpc) is 3.10. The number of nitrogens with zero attached hydrogens (tertiary/aromatic N) is 1. The molecule has 0 unspecified atom stereocenters. The van der Waals surface area contributed by atoms with Crippen molar-refractivity contribution in [2.24, 2.45) is 0 Å². The highest BCUT2D eigenvalue weighted by atomic mass is 16.6. The van der Waals surface area contributed by atoms with Gasteiger partial charge in [0.15, 0.2) is 6.04 Å². The van der Waals surface area contributed by atoms with Crippen LogP contribution in [-0.2, 0) is 36.8 Å². The van der Waals surface area contributed by atoms with Gasteiger partial charge in [-0.2, -0.15) is 0 Å². The second kappa shape index (κ2) is 11.0. The number of amides is 3. The summed E-state index contributed by atoms with van der Waals surface area (Å²) in [5.41, 5.74) is 0.700. The molecule has 0 bridgehead atoms. The zero-order valence-electron chi connectivity index (χ0n) is 20.2. The Hall–Kier alpha value is -3.88. The van der Waals surface area contributed by atoms with Crippen LogP contribution in [0.25, 0.3) is 0 Å². The molecule has 9 nitrogen and oxygen atoms in total. The maximum atomic E-state index is 13.5. The Bertz CT molecular complexity index is 1050. The van der Waals surface area contributed by atoms with Gasteiger partial charge >= 0.3 is 18.2 Å². The van der Waals surface area contributed by atoms with Crippen LogP contribution in [0.5, 0.6) is 0 Å². The first-order chi connectivity index (χ1) is 16.5. The molecule has 1 heterocycles. The molecule has 1 aliphatic rings. The van der Waals surface area contributed by atoms with Crippen LogP contribution in [-0.4, -0.2) is 52.8 Å². The van der Waals surface area contributed by atoms with Crippen LogP contribution in [0.3, 0.4) is 0 Å². The van der Waals surface area contributed by atoms with Crippen LogP contribution >= 0.6 is 0 Å². The molecule has 0 aliphatic carbocycles. The quantitative estimate of drug-likeness (QED) is 0.273. The lowest BCUT2D eigenvalue weighted by Crippen LogP contribution is -2.55. The summed E-state index contributed by atoms with van der Waals surface area (Å²) in [6.45, 7) is 6.56. The van der Waals surface area contributed by atoms with E-state index in [1.165, 1.54) is 6.92 Å². The first-order valence-corrected chi connectivity index (χ1v) is 11.3. The Morgan fingerprint density at radius 2 is 1.57 bits per heavy atom. The van der Waals surface area contributed by atoms with Crippen molar-refractivity contribution in [3.05, 3.63) is 71.8 Å². The summed E-state index contributed by atoms with van der Waals surface area (Å²) < 4.78 is 15.9. The third-order valence-electron chi connectivity index (χ3n) is 5.18. The zero-order valence-corrected chi connectivity index (χ0v) is 20.2. The van der Waals surface area contributed by atoms with Gasteiger partial charge in [-0.3, -0.25) is 4.79 Å². The van der Waals surface area contributed by atoms with Gasteiger partial charge in [0, 0.05) is 6.42 Å². The number of nitrogens with one attached hydrogen (secondary N) is 1. The number of imide groups is 1. The van der Waals surface area contributed by atoms with Crippen LogP contribution < -0.4 is 5.32 Å². The van der Waals surface area contributed by atoms with E-state index < -0.39 is 47.9 Å². The minimum Gasteiger partial charge on any atom is -0.459 e. The van der Waals surface area contributed by atoms with E-state index in [2.05, 4.69) is 5.32 Å². The van der Waals surface area contributed by atoms with Crippen molar-refractivity contribution < 1.29 is 33.4 Å². The third kappa shape index (κ3) is 7.05. The highest BCUT2D eigenvalue weighted by Gasteiger charge is 2.50. The number of hydrogen-bond acceptors (Lipinski definition) is 7. The van der Waals surface area contributed by atoms with Gasteiger partial charge in [-0.15, -0.1) is 0 Å². The average molecular weight is 491 g/mol. The molecule has 0 aromatic heterocycles. The number of benzene rings is 2. The first kappa shape index (κ1) is 25.7. The highest BCUT2D eigenvalue weighted by molar-refractivity contribution is 6.02. The van der Waals surface area contributed by atoms with Gasteiger partial charge in [0.1, 0.15) is 24.4 Å². The maximum Gasteiger partial charge on any atom is 0.417 e. The molecule has 3 atom stereocenters. The molecular weight excluding hydrogens is 461 g/mol. The Morgan fingerprint density at radius 1 is 1.00 bits per heavy atom. The number of alkyl carbamates (subject to hydrolysis) is 1. The highest BCUT2D eigenvalue weighted by Crippen LogP contribution is 2.23. The van der Waals surface area contributed by atoms with Crippen LogP contribution in [0.4, 0.5) is 9.59 Å². The van der Waals surface area contributed by atoms with Crippen LogP contribution in [0.2, 0.25) is 0 Å². The fraction of sp³-hybridized carbons (Fsp3) is 0.385. The zero-order chi connectivity index (χ0) is 25.6. The Kier molecular flexibility index (Phi) is 8.11. The van der Waals surface area contributed by atoms with E-state index in [0.717, 1.165) is 16.0 Å². The van der Waals surface area contributed by atoms with E-state index >= 15 is 0 Å². The molecule has 35 heavy (non-hydrogen) atoms. The van der Waals surface area contributed by atoms with Crippen molar-refractivity contribution >= 4 is 24.1 Å². The summed E-state index contributed by atoms with van der Waals surface area (Å²) in [4.78, 5) is 52.3. The summed E-state index contributed by atoms with van der Waals surface area (Å²) in [6.07, 6.45) is -2.65. The van der Waals surface area contributed by atoms with E-state index in [1.54, 1.807) is 69.3 Å². The van der Waals surface area contributed by atoms with E-state index in [1.807, 2.05) is 12.1 Å². The number of ether oxygens (including phenoxy) is 3. The lowest BCUT2D eigenvalue weighted by Gasteiger charge is -2.27. The molecule has 3 rings (SSSR count). The van der Waals surface area contributed by atoms with Crippen molar-refractivity contribution in [1.82, 2.24) is 10.2 Å². The van der Waals surface area contributed by atoms with Crippen molar-refractivity contribution in [2.45, 2.75) is 64.5 Å². The van der Waals surface area contributed by atoms with Gasteiger partial charge in [0.25, 0.3) is 5.91 Å². The Labute approximate surface area is 204 Å². The number of rotatable bonds is 7. The van der Waals surface area contributed by atoms with Gasteiger partial charge in [-0.25, -0.2) is 19.3 Å². The molecule has 2 aromatic rings. The van der Waals surface area contributed by atoms with Crippen molar-refractivity contribution in [3.8, 4) is 0 Å². The summed E-state index contributed by atoms with van der Waals surface area (Å²) in [6, 6.07) is 15.5. The van der Waals surface area contributed by atoms with Crippen molar-refractivity contribution in [3.63, 3.8) is 0 Å². The van der Waals surface area contributed by atoms with Crippen LogP contribution in [0.1, 0.15) is 38.8 Å². The number of cyclic esters (lactones) is 1. The van der Waals surface area contributed by atoms with E-state index in [0.29, 0.717) is 0 Å². The molecule has 186 valence electrons. The van der Waals surface area contributed by atoms with Gasteiger partial charge in [0.2, 0.25) is 0 Å². The summed E-state index contributed by atoms with van der Waals surface area (Å²) >= 11 is 0. The minimum absolute atomic E-state index is 0.0251. The lowest BCUT2D eigenvalue weighted by molar-refractivity contribution is -0.154. The predicted molar refractivity (Wildman–Crippen MR) is 126 cm³/mol. The molecule has 0 radical (unpaired) electrons. The molecule has 0 saturated carbocycles. The van der Waals surface area contributed by atoms with Crippen LogP contribution in [0.15, 0.2) is 60.7 Å². The fourth-order valence-electron chi connectivity index (χ4n) is 3.61. The maximum absolute atomic E-state index is 13.5. The van der Waals surface area contributed by atoms with Gasteiger partial charge in [-0.1, -0.05) is 60.7 Å². The second-order valence-electron chi connectivity index (χ2n) is 9.22. The van der Waals surface area contributed by atoms with Crippen molar-refractivity contribution in [1.29, 1.82) is 0 Å². The largest absolute Gasteiger partial charge is 0.459 e. The van der Waals surface area contributed by atoms with E-state index in [4.69, 9.17) is 14.2 Å². The summed E-state index contributed by atoms with van der Waals surface area (Å²) in [5, 5.41) is 2.54. The minimum atomic E-state index is -1.29. The predicted octanol–water partition coefficient (Wildman–Crippen LogP) is 3.60.